The highest BCUT2D eigenvalue weighted by atomic mass is 16.5. The van der Waals surface area contributed by atoms with Gasteiger partial charge in [0.2, 0.25) is 0 Å². The topological polar surface area (TPSA) is 71.5 Å². The zero-order valence-electron chi connectivity index (χ0n) is 12.4. The fraction of sp³-hybridized carbons (Fsp3) is 0.188. The lowest BCUT2D eigenvalue weighted by Gasteiger charge is -2.00. The van der Waals surface area contributed by atoms with Crippen LogP contribution in [-0.2, 0) is 6.61 Å². The molecule has 6 heteroatoms. The number of hydrogen-bond acceptors (Lipinski definition) is 5. The average Bonchev–Trinajstić information content (AvgIpc) is 2.87. The SMILES string of the molecule is COc1cccc(N=Nc2c(C)nc3cc(CO)ccn23)c1. The highest BCUT2D eigenvalue weighted by molar-refractivity contribution is 5.53. The summed E-state index contributed by atoms with van der Waals surface area (Å²) in [4.78, 5) is 4.44. The first-order chi connectivity index (χ1) is 10.7. The number of hydrogen-bond donors (Lipinski definition) is 1. The van der Waals surface area contributed by atoms with Crippen molar-refractivity contribution in [1.82, 2.24) is 9.38 Å². The zero-order valence-corrected chi connectivity index (χ0v) is 12.4. The molecule has 0 atom stereocenters. The molecule has 2 aromatic heterocycles. The Morgan fingerprint density at radius 1 is 1.23 bits per heavy atom. The van der Waals surface area contributed by atoms with E-state index in [1.54, 1.807) is 7.11 Å². The zero-order chi connectivity index (χ0) is 15.5. The molecule has 0 saturated carbocycles. The second-order valence-electron chi connectivity index (χ2n) is 4.84. The summed E-state index contributed by atoms with van der Waals surface area (Å²) in [5.74, 6) is 1.40. The Bertz CT molecular complexity index is 839. The van der Waals surface area contributed by atoms with E-state index in [1.165, 1.54) is 0 Å². The number of rotatable bonds is 4. The average molecular weight is 296 g/mol. The highest BCUT2D eigenvalue weighted by Gasteiger charge is 2.08. The molecule has 0 aliphatic rings. The fourth-order valence-electron chi connectivity index (χ4n) is 2.19. The van der Waals surface area contributed by atoms with E-state index >= 15 is 0 Å². The maximum Gasteiger partial charge on any atom is 0.182 e. The number of fused-ring (bicyclic) bond motifs is 1. The second-order valence-corrected chi connectivity index (χ2v) is 4.84. The molecule has 112 valence electrons. The third-order valence-electron chi connectivity index (χ3n) is 3.33. The van der Waals surface area contributed by atoms with Gasteiger partial charge in [0, 0.05) is 12.3 Å². The van der Waals surface area contributed by atoms with E-state index in [-0.39, 0.29) is 6.61 Å². The van der Waals surface area contributed by atoms with Gasteiger partial charge < -0.3 is 9.84 Å². The molecular weight excluding hydrogens is 280 g/mol. The summed E-state index contributed by atoms with van der Waals surface area (Å²) in [5.41, 5.74) is 3.04. The van der Waals surface area contributed by atoms with Crippen LogP contribution in [0.1, 0.15) is 11.3 Å². The summed E-state index contributed by atoms with van der Waals surface area (Å²) in [6.07, 6.45) is 1.83. The van der Waals surface area contributed by atoms with Crippen molar-refractivity contribution in [3.8, 4) is 5.75 Å². The molecule has 0 spiro atoms. The van der Waals surface area contributed by atoms with E-state index in [4.69, 9.17) is 4.74 Å². The molecular formula is C16H16N4O2. The monoisotopic (exact) mass is 296 g/mol. The Morgan fingerprint density at radius 3 is 2.86 bits per heavy atom. The standard InChI is InChI=1S/C16H16N4O2/c1-11-16(19-18-13-4-3-5-14(9-13)22-2)20-7-6-12(10-21)8-15(20)17-11/h3-9,21H,10H2,1-2H3. The van der Waals surface area contributed by atoms with Crippen LogP contribution in [0.3, 0.4) is 0 Å². The lowest BCUT2D eigenvalue weighted by Crippen LogP contribution is -1.88. The minimum atomic E-state index is -0.0108. The van der Waals surface area contributed by atoms with Crippen LogP contribution in [-0.4, -0.2) is 21.6 Å². The van der Waals surface area contributed by atoms with Gasteiger partial charge in [-0.2, -0.15) is 0 Å². The third kappa shape index (κ3) is 2.68. The number of aliphatic hydroxyl groups is 1. The number of aromatic nitrogens is 2. The molecule has 1 N–H and O–H groups in total. The first-order valence-electron chi connectivity index (χ1n) is 6.85. The van der Waals surface area contributed by atoms with Gasteiger partial charge in [-0.3, -0.25) is 4.40 Å². The molecule has 0 aliphatic carbocycles. The molecule has 3 rings (SSSR count). The Kier molecular flexibility index (Phi) is 3.84. The van der Waals surface area contributed by atoms with Crippen molar-refractivity contribution in [2.75, 3.05) is 7.11 Å². The van der Waals surface area contributed by atoms with Crippen LogP contribution in [0.2, 0.25) is 0 Å². The smallest absolute Gasteiger partial charge is 0.182 e. The van der Waals surface area contributed by atoms with Crippen LogP contribution < -0.4 is 4.74 Å². The molecule has 1 aromatic carbocycles. The molecule has 0 amide bonds. The summed E-state index contributed by atoms with van der Waals surface area (Å²) in [7, 11) is 1.61. The van der Waals surface area contributed by atoms with Crippen LogP contribution in [0.25, 0.3) is 5.65 Å². The minimum absolute atomic E-state index is 0.0108. The maximum atomic E-state index is 9.18. The van der Waals surface area contributed by atoms with E-state index in [0.717, 1.165) is 22.7 Å². The van der Waals surface area contributed by atoms with Gasteiger partial charge in [-0.05, 0) is 36.8 Å². The van der Waals surface area contributed by atoms with Crippen LogP contribution in [0.5, 0.6) is 5.75 Å². The Hall–Kier alpha value is -2.73. The molecule has 0 bridgehead atoms. The fourth-order valence-corrected chi connectivity index (χ4v) is 2.19. The summed E-state index contributed by atoms with van der Waals surface area (Å²) >= 11 is 0. The van der Waals surface area contributed by atoms with Gasteiger partial charge >= 0.3 is 0 Å². The Balaban J connectivity index is 1.99. The van der Waals surface area contributed by atoms with Crippen LogP contribution in [0, 0.1) is 6.92 Å². The van der Waals surface area contributed by atoms with E-state index in [0.29, 0.717) is 11.5 Å². The van der Waals surface area contributed by atoms with Gasteiger partial charge in [-0.1, -0.05) is 6.07 Å². The van der Waals surface area contributed by atoms with Crippen LogP contribution in [0.4, 0.5) is 11.5 Å². The quantitative estimate of drug-likeness (QED) is 0.748. The summed E-state index contributed by atoms with van der Waals surface area (Å²) in [5, 5.41) is 17.7. The van der Waals surface area contributed by atoms with Crippen molar-refractivity contribution in [2.45, 2.75) is 13.5 Å². The van der Waals surface area contributed by atoms with Crippen molar-refractivity contribution in [1.29, 1.82) is 0 Å². The van der Waals surface area contributed by atoms with Crippen molar-refractivity contribution in [3.05, 3.63) is 53.9 Å². The number of benzene rings is 1. The number of nitrogens with zero attached hydrogens (tertiary/aromatic N) is 4. The van der Waals surface area contributed by atoms with Gasteiger partial charge in [0.15, 0.2) is 5.82 Å². The number of imidazole rings is 1. The molecule has 2 heterocycles. The van der Waals surface area contributed by atoms with Gasteiger partial charge in [0.25, 0.3) is 0 Å². The van der Waals surface area contributed by atoms with E-state index in [9.17, 15) is 5.11 Å². The normalized spacial score (nSPS) is 11.4. The highest BCUT2D eigenvalue weighted by Crippen LogP contribution is 2.25. The first-order valence-corrected chi connectivity index (χ1v) is 6.85. The Morgan fingerprint density at radius 2 is 2.09 bits per heavy atom. The maximum absolute atomic E-state index is 9.18. The molecule has 22 heavy (non-hydrogen) atoms. The van der Waals surface area contributed by atoms with Crippen LogP contribution in [0.15, 0.2) is 52.8 Å². The number of pyridine rings is 1. The van der Waals surface area contributed by atoms with Crippen LogP contribution >= 0.6 is 0 Å². The van der Waals surface area contributed by atoms with Gasteiger partial charge in [0.05, 0.1) is 25.1 Å². The number of methoxy groups -OCH3 is 1. The first kappa shape index (κ1) is 14.2. The van der Waals surface area contributed by atoms with E-state index < -0.39 is 0 Å². The molecule has 0 fully saturated rings. The molecule has 0 saturated heterocycles. The van der Waals surface area contributed by atoms with Crippen molar-refractivity contribution < 1.29 is 9.84 Å². The summed E-state index contributed by atoms with van der Waals surface area (Å²) < 4.78 is 7.01. The lowest BCUT2D eigenvalue weighted by atomic mass is 10.3. The molecule has 0 unspecified atom stereocenters. The molecule has 0 aliphatic heterocycles. The number of aryl methyl sites for hydroxylation is 1. The number of ether oxygens (including phenoxy) is 1. The lowest BCUT2D eigenvalue weighted by molar-refractivity contribution is 0.282. The molecule has 3 aromatic rings. The predicted octanol–water partition coefficient (Wildman–Crippen LogP) is 3.56. The van der Waals surface area contributed by atoms with Gasteiger partial charge in [0.1, 0.15) is 11.4 Å². The van der Waals surface area contributed by atoms with Crippen molar-refractivity contribution in [3.63, 3.8) is 0 Å². The second kappa shape index (κ2) is 5.95. The van der Waals surface area contributed by atoms with E-state index in [2.05, 4.69) is 15.2 Å². The summed E-state index contributed by atoms with van der Waals surface area (Å²) in [6.45, 7) is 1.87. The molecule has 6 nitrogen and oxygen atoms in total. The van der Waals surface area contributed by atoms with Crippen molar-refractivity contribution in [2.24, 2.45) is 10.2 Å². The van der Waals surface area contributed by atoms with Gasteiger partial charge in [-0.25, -0.2) is 4.98 Å². The third-order valence-corrected chi connectivity index (χ3v) is 3.33. The summed E-state index contributed by atoms with van der Waals surface area (Å²) in [6, 6.07) is 11.0. The van der Waals surface area contributed by atoms with Gasteiger partial charge in [-0.15, -0.1) is 10.2 Å². The predicted molar refractivity (Wildman–Crippen MR) is 83.0 cm³/mol. The number of aliphatic hydroxyl groups excluding tert-OH is 1. The molecule has 0 radical (unpaired) electrons. The van der Waals surface area contributed by atoms with Crippen molar-refractivity contribution >= 4 is 17.2 Å². The largest absolute Gasteiger partial charge is 0.497 e. The Labute approximate surface area is 127 Å². The minimum Gasteiger partial charge on any atom is -0.497 e. The van der Waals surface area contributed by atoms with E-state index in [1.807, 2.05) is 53.9 Å². The number of azo groups is 1.